The van der Waals surface area contributed by atoms with Crippen LogP contribution in [0.1, 0.15) is 30.1 Å². The topological polar surface area (TPSA) is 84.1 Å². The van der Waals surface area contributed by atoms with Crippen LogP contribution in [0.15, 0.2) is 49.3 Å². The van der Waals surface area contributed by atoms with E-state index in [1.165, 1.54) is 17.1 Å². The standard InChI is InChI=1S/C17H19N5O2/c1-3-5-13-7-4-6-12(2)22(13)17(24)15-9-8-14(10-16(15)23)21-11-18-19-20-21/h3-4,6,8-13,23H,1,5,7H2,2H3/t12-,13-/m1/s1. The summed E-state index contributed by atoms with van der Waals surface area (Å²) in [5.41, 5.74) is 0.853. The van der Waals surface area contributed by atoms with Gasteiger partial charge in [0.15, 0.2) is 0 Å². The Hall–Kier alpha value is -2.96. The molecule has 0 bridgehead atoms. The molecular formula is C17H19N5O2. The lowest BCUT2D eigenvalue weighted by Gasteiger charge is -2.37. The van der Waals surface area contributed by atoms with Crippen molar-refractivity contribution in [1.29, 1.82) is 0 Å². The second-order valence-corrected chi connectivity index (χ2v) is 5.75. The maximum Gasteiger partial charge on any atom is 0.258 e. The first kappa shape index (κ1) is 15.9. The molecule has 0 radical (unpaired) electrons. The molecule has 3 rings (SSSR count). The molecule has 1 N–H and O–H groups in total. The van der Waals surface area contributed by atoms with Gasteiger partial charge in [0, 0.05) is 18.2 Å². The van der Waals surface area contributed by atoms with Gasteiger partial charge in [-0.25, -0.2) is 4.68 Å². The van der Waals surface area contributed by atoms with E-state index in [2.05, 4.69) is 28.2 Å². The van der Waals surface area contributed by atoms with Gasteiger partial charge >= 0.3 is 0 Å². The minimum Gasteiger partial charge on any atom is -0.507 e. The lowest BCUT2D eigenvalue weighted by atomic mass is 9.98. The first-order valence-electron chi connectivity index (χ1n) is 7.78. The molecule has 1 aromatic carbocycles. The maximum absolute atomic E-state index is 13.0. The van der Waals surface area contributed by atoms with Crippen molar-refractivity contribution in [3.63, 3.8) is 0 Å². The molecule has 1 aliphatic rings. The summed E-state index contributed by atoms with van der Waals surface area (Å²) >= 11 is 0. The van der Waals surface area contributed by atoms with Crippen LogP contribution >= 0.6 is 0 Å². The monoisotopic (exact) mass is 325 g/mol. The number of aromatic hydroxyl groups is 1. The summed E-state index contributed by atoms with van der Waals surface area (Å²) in [6, 6.07) is 4.81. The van der Waals surface area contributed by atoms with Crippen molar-refractivity contribution in [1.82, 2.24) is 25.1 Å². The summed E-state index contributed by atoms with van der Waals surface area (Å²) < 4.78 is 1.42. The number of hydrogen-bond acceptors (Lipinski definition) is 5. The van der Waals surface area contributed by atoms with Gasteiger partial charge in [-0.1, -0.05) is 18.2 Å². The van der Waals surface area contributed by atoms with E-state index in [1.54, 1.807) is 17.0 Å². The summed E-state index contributed by atoms with van der Waals surface area (Å²) in [5.74, 6) is -0.286. The molecule has 0 unspecified atom stereocenters. The number of phenolic OH excluding ortho intramolecular Hbond substituents is 1. The smallest absolute Gasteiger partial charge is 0.258 e. The molecule has 2 atom stereocenters. The Labute approximate surface area is 139 Å². The van der Waals surface area contributed by atoms with E-state index in [-0.39, 0.29) is 29.3 Å². The molecule has 7 heteroatoms. The third kappa shape index (κ3) is 2.92. The molecule has 2 heterocycles. The average molecular weight is 325 g/mol. The van der Waals surface area contributed by atoms with Gasteiger partial charge in [0.1, 0.15) is 12.1 Å². The molecule has 1 amide bonds. The van der Waals surface area contributed by atoms with Crippen LogP contribution in [0.2, 0.25) is 0 Å². The predicted molar refractivity (Wildman–Crippen MR) is 88.8 cm³/mol. The first-order valence-corrected chi connectivity index (χ1v) is 7.78. The molecule has 0 aliphatic carbocycles. The summed E-state index contributed by atoms with van der Waals surface area (Å²) in [7, 11) is 0. The minimum absolute atomic E-state index is 0.0326. The van der Waals surface area contributed by atoms with E-state index in [0.717, 1.165) is 6.42 Å². The van der Waals surface area contributed by atoms with Crippen LogP contribution in [0.5, 0.6) is 5.75 Å². The van der Waals surface area contributed by atoms with E-state index >= 15 is 0 Å². The number of amides is 1. The summed E-state index contributed by atoms with van der Waals surface area (Å²) in [6.45, 7) is 5.74. The van der Waals surface area contributed by atoms with E-state index in [1.807, 2.05) is 19.1 Å². The van der Waals surface area contributed by atoms with Gasteiger partial charge in [-0.15, -0.1) is 11.7 Å². The third-order valence-electron chi connectivity index (χ3n) is 4.15. The lowest BCUT2D eigenvalue weighted by molar-refractivity contribution is 0.0619. The molecule has 0 saturated heterocycles. The molecule has 0 saturated carbocycles. The zero-order valence-corrected chi connectivity index (χ0v) is 13.4. The fraction of sp³-hybridized carbons (Fsp3) is 0.294. The number of carbonyl (C=O) groups is 1. The molecule has 24 heavy (non-hydrogen) atoms. The Bertz CT molecular complexity index is 769. The van der Waals surface area contributed by atoms with Gasteiger partial charge in [-0.05, 0) is 42.3 Å². The predicted octanol–water partition coefficient (Wildman–Crippen LogP) is 2.10. The number of aromatic nitrogens is 4. The van der Waals surface area contributed by atoms with Crippen LogP contribution in [0.4, 0.5) is 0 Å². The van der Waals surface area contributed by atoms with Crippen molar-refractivity contribution < 1.29 is 9.90 Å². The molecule has 124 valence electrons. The molecule has 7 nitrogen and oxygen atoms in total. The molecule has 2 aromatic rings. The van der Waals surface area contributed by atoms with Gasteiger partial charge in [-0.2, -0.15) is 0 Å². The van der Waals surface area contributed by atoms with Crippen LogP contribution in [0, 0.1) is 0 Å². The van der Waals surface area contributed by atoms with Crippen LogP contribution < -0.4 is 0 Å². The van der Waals surface area contributed by atoms with Crippen molar-refractivity contribution in [2.24, 2.45) is 0 Å². The number of nitrogens with zero attached hydrogens (tertiary/aromatic N) is 5. The number of tetrazole rings is 1. The van der Waals surface area contributed by atoms with E-state index in [0.29, 0.717) is 12.1 Å². The van der Waals surface area contributed by atoms with Crippen LogP contribution in [0.3, 0.4) is 0 Å². The van der Waals surface area contributed by atoms with Crippen molar-refractivity contribution in [3.05, 3.63) is 54.9 Å². The fourth-order valence-electron chi connectivity index (χ4n) is 2.99. The van der Waals surface area contributed by atoms with Gasteiger partial charge in [-0.3, -0.25) is 4.79 Å². The first-order chi connectivity index (χ1) is 11.6. The number of carbonyl (C=O) groups excluding carboxylic acids is 1. The second-order valence-electron chi connectivity index (χ2n) is 5.75. The van der Waals surface area contributed by atoms with E-state index in [9.17, 15) is 9.90 Å². The van der Waals surface area contributed by atoms with Crippen molar-refractivity contribution in [2.75, 3.05) is 0 Å². The van der Waals surface area contributed by atoms with Crippen molar-refractivity contribution >= 4 is 5.91 Å². The summed E-state index contributed by atoms with van der Waals surface area (Å²) in [6.07, 6.45) is 8.83. The molecule has 0 spiro atoms. The lowest BCUT2D eigenvalue weighted by Crippen LogP contribution is -2.46. The van der Waals surface area contributed by atoms with Gasteiger partial charge in [0.2, 0.25) is 0 Å². The van der Waals surface area contributed by atoms with Crippen LogP contribution in [0.25, 0.3) is 5.69 Å². The molecular weight excluding hydrogens is 306 g/mol. The normalized spacial score (nSPS) is 20.1. The second kappa shape index (κ2) is 6.66. The maximum atomic E-state index is 13.0. The highest BCUT2D eigenvalue weighted by atomic mass is 16.3. The minimum atomic E-state index is -0.195. The average Bonchev–Trinajstić information content (AvgIpc) is 3.09. The zero-order valence-electron chi connectivity index (χ0n) is 13.4. The quantitative estimate of drug-likeness (QED) is 0.870. The Morgan fingerprint density at radius 3 is 3.00 bits per heavy atom. The van der Waals surface area contributed by atoms with Gasteiger partial charge in [0.05, 0.1) is 11.3 Å². The Morgan fingerprint density at radius 1 is 1.50 bits per heavy atom. The van der Waals surface area contributed by atoms with Crippen LogP contribution in [-0.4, -0.2) is 48.2 Å². The van der Waals surface area contributed by atoms with E-state index < -0.39 is 0 Å². The largest absolute Gasteiger partial charge is 0.507 e. The highest BCUT2D eigenvalue weighted by molar-refractivity contribution is 5.97. The highest BCUT2D eigenvalue weighted by Crippen LogP contribution is 2.27. The number of phenols is 1. The molecule has 1 aromatic heterocycles. The summed E-state index contributed by atoms with van der Waals surface area (Å²) in [5, 5.41) is 21.2. The Balaban J connectivity index is 1.91. The van der Waals surface area contributed by atoms with Crippen LogP contribution in [-0.2, 0) is 0 Å². The highest BCUT2D eigenvalue weighted by Gasteiger charge is 2.30. The third-order valence-corrected chi connectivity index (χ3v) is 4.15. The van der Waals surface area contributed by atoms with Crippen molar-refractivity contribution in [2.45, 2.75) is 31.8 Å². The van der Waals surface area contributed by atoms with Gasteiger partial charge in [0.25, 0.3) is 5.91 Å². The van der Waals surface area contributed by atoms with Crippen molar-refractivity contribution in [3.8, 4) is 11.4 Å². The number of rotatable bonds is 4. The SMILES string of the molecule is C=CC[C@@H]1CC=C[C@@H](C)N1C(=O)c1ccc(-n2cnnn2)cc1O. The Kier molecular flexibility index (Phi) is 4.41. The van der Waals surface area contributed by atoms with E-state index in [4.69, 9.17) is 0 Å². The zero-order chi connectivity index (χ0) is 17.1. The summed E-state index contributed by atoms with van der Waals surface area (Å²) in [4.78, 5) is 14.8. The van der Waals surface area contributed by atoms with Gasteiger partial charge < -0.3 is 10.0 Å². The Morgan fingerprint density at radius 2 is 2.33 bits per heavy atom. The fourth-order valence-corrected chi connectivity index (χ4v) is 2.99. The number of benzene rings is 1. The number of hydrogen-bond donors (Lipinski definition) is 1. The molecule has 0 fully saturated rings. The molecule has 1 aliphatic heterocycles.